The first-order chi connectivity index (χ1) is 12.0. The standard InChI is InChI=1S/C19H20ClN3O2/c1-13-2-8-17(9-3-13)23-12-16(10-18(23)24)22-19(25)21-11-14-4-6-15(20)7-5-14/h2-9,16H,10-12H2,1H3,(H2,21,22,25)/t16-/m0/s1. The number of aryl methyl sites for hydroxylation is 1. The largest absolute Gasteiger partial charge is 0.334 e. The predicted octanol–water partition coefficient (Wildman–Crippen LogP) is 3.25. The summed E-state index contributed by atoms with van der Waals surface area (Å²) >= 11 is 5.84. The zero-order valence-electron chi connectivity index (χ0n) is 14.0. The Morgan fingerprint density at radius 2 is 1.84 bits per heavy atom. The lowest BCUT2D eigenvalue weighted by molar-refractivity contribution is -0.117. The predicted molar refractivity (Wildman–Crippen MR) is 98.8 cm³/mol. The van der Waals surface area contributed by atoms with Crippen LogP contribution in [0.5, 0.6) is 0 Å². The average molecular weight is 358 g/mol. The Labute approximate surface area is 152 Å². The van der Waals surface area contributed by atoms with E-state index in [1.165, 1.54) is 0 Å². The van der Waals surface area contributed by atoms with Crippen LogP contribution in [-0.4, -0.2) is 24.5 Å². The molecule has 0 spiro atoms. The number of nitrogens with zero attached hydrogens (tertiary/aromatic N) is 1. The average Bonchev–Trinajstić information content (AvgIpc) is 2.95. The van der Waals surface area contributed by atoms with Crippen LogP contribution in [0.25, 0.3) is 0 Å². The molecule has 3 amide bonds. The van der Waals surface area contributed by atoms with Crippen LogP contribution in [0.4, 0.5) is 10.5 Å². The molecule has 0 radical (unpaired) electrons. The molecule has 1 aliphatic heterocycles. The van der Waals surface area contributed by atoms with Gasteiger partial charge in [-0.1, -0.05) is 41.4 Å². The molecule has 0 bridgehead atoms. The quantitative estimate of drug-likeness (QED) is 0.882. The Morgan fingerprint density at radius 3 is 2.52 bits per heavy atom. The number of benzene rings is 2. The third-order valence-electron chi connectivity index (χ3n) is 4.17. The van der Waals surface area contributed by atoms with Crippen LogP contribution in [0.1, 0.15) is 17.5 Å². The molecule has 1 heterocycles. The molecule has 1 fully saturated rings. The Bertz CT molecular complexity index is 759. The van der Waals surface area contributed by atoms with Crippen molar-refractivity contribution in [1.82, 2.24) is 10.6 Å². The van der Waals surface area contributed by atoms with Crippen LogP contribution in [0.2, 0.25) is 5.02 Å². The summed E-state index contributed by atoms with van der Waals surface area (Å²) in [5, 5.41) is 6.32. The fourth-order valence-corrected chi connectivity index (χ4v) is 2.93. The fourth-order valence-electron chi connectivity index (χ4n) is 2.80. The SMILES string of the molecule is Cc1ccc(N2C[C@@H](NC(=O)NCc3ccc(Cl)cc3)CC2=O)cc1. The van der Waals surface area contributed by atoms with Gasteiger partial charge in [0.05, 0.1) is 6.04 Å². The third kappa shape index (κ3) is 4.51. The van der Waals surface area contributed by atoms with Crippen molar-refractivity contribution in [2.24, 2.45) is 0 Å². The first-order valence-electron chi connectivity index (χ1n) is 8.17. The highest BCUT2D eigenvalue weighted by Crippen LogP contribution is 2.21. The maximum atomic E-state index is 12.2. The van der Waals surface area contributed by atoms with E-state index in [-0.39, 0.29) is 18.0 Å². The van der Waals surface area contributed by atoms with Crippen molar-refractivity contribution < 1.29 is 9.59 Å². The Hall–Kier alpha value is -2.53. The minimum absolute atomic E-state index is 0.0202. The molecule has 0 aliphatic carbocycles. The van der Waals surface area contributed by atoms with Crippen LogP contribution in [0.3, 0.4) is 0 Å². The summed E-state index contributed by atoms with van der Waals surface area (Å²) in [5.41, 5.74) is 2.97. The van der Waals surface area contributed by atoms with Gasteiger partial charge in [0.2, 0.25) is 5.91 Å². The second-order valence-corrected chi connectivity index (χ2v) is 6.63. The molecule has 2 aromatic rings. The van der Waals surface area contributed by atoms with Gasteiger partial charge in [0, 0.05) is 30.2 Å². The lowest BCUT2D eigenvalue weighted by Gasteiger charge is -2.17. The van der Waals surface area contributed by atoms with Gasteiger partial charge in [-0.25, -0.2) is 4.79 Å². The summed E-state index contributed by atoms with van der Waals surface area (Å²) in [4.78, 5) is 26.0. The molecule has 1 saturated heterocycles. The molecule has 1 aliphatic rings. The normalized spacial score (nSPS) is 16.8. The monoisotopic (exact) mass is 357 g/mol. The highest BCUT2D eigenvalue weighted by Gasteiger charge is 2.31. The van der Waals surface area contributed by atoms with Gasteiger partial charge in [0.25, 0.3) is 0 Å². The summed E-state index contributed by atoms with van der Waals surface area (Å²) in [7, 11) is 0. The molecule has 25 heavy (non-hydrogen) atoms. The number of hydrogen-bond acceptors (Lipinski definition) is 2. The van der Waals surface area contributed by atoms with Crippen LogP contribution < -0.4 is 15.5 Å². The second-order valence-electron chi connectivity index (χ2n) is 6.19. The molecule has 3 rings (SSSR count). The summed E-state index contributed by atoms with van der Waals surface area (Å²) in [6.45, 7) is 2.90. The van der Waals surface area contributed by atoms with E-state index in [1.54, 1.807) is 17.0 Å². The van der Waals surface area contributed by atoms with Gasteiger partial charge in [-0.2, -0.15) is 0 Å². The molecule has 0 saturated carbocycles. The highest BCUT2D eigenvalue weighted by atomic mass is 35.5. The van der Waals surface area contributed by atoms with Crippen LogP contribution >= 0.6 is 11.6 Å². The van der Waals surface area contributed by atoms with Crippen molar-refractivity contribution in [2.75, 3.05) is 11.4 Å². The van der Waals surface area contributed by atoms with E-state index in [0.717, 1.165) is 16.8 Å². The molecule has 0 aromatic heterocycles. The molecule has 130 valence electrons. The number of urea groups is 1. The Balaban J connectivity index is 1.51. The molecule has 1 atom stereocenters. The van der Waals surface area contributed by atoms with Crippen molar-refractivity contribution in [3.63, 3.8) is 0 Å². The fraction of sp³-hybridized carbons (Fsp3) is 0.263. The number of amides is 3. The van der Waals surface area contributed by atoms with Gasteiger partial charge in [0.1, 0.15) is 0 Å². The van der Waals surface area contributed by atoms with E-state index >= 15 is 0 Å². The molecule has 2 N–H and O–H groups in total. The van der Waals surface area contributed by atoms with Gasteiger partial charge in [-0.15, -0.1) is 0 Å². The van der Waals surface area contributed by atoms with Crippen molar-refractivity contribution in [3.05, 3.63) is 64.7 Å². The van der Waals surface area contributed by atoms with E-state index in [9.17, 15) is 9.59 Å². The summed E-state index contributed by atoms with van der Waals surface area (Å²) in [6, 6.07) is 14.6. The number of rotatable bonds is 4. The number of halogens is 1. The van der Waals surface area contributed by atoms with Crippen molar-refractivity contribution in [2.45, 2.75) is 25.9 Å². The lowest BCUT2D eigenvalue weighted by atomic mass is 10.2. The molecular weight excluding hydrogens is 338 g/mol. The van der Waals surface area contributed by atoms with Gasteiger partial charge >= 0.3 is 6.03 Å². The minimum atomic E-state index is -0.279. The van der Waals surface area contributed by atoms with Crippen LogP contribution in [-0.2, 0) is 11.3 Å². The summed E-state index contributed by atoms with van der Waals surface area (Å²) in [5.74, 6) is 0.0202. The van der Waals surface area contributed by atoms with E-state index in [2.05, 4.69) is 10.6 Å². The molecule has 6 heteroatoms. The Morgan fingerprint density at radius 1 is 1.16 bits per heavy atom. The molecule has 5 nitrogen and oxygen atoms in total. The topological polar surface area (TPSA) is 61.4 Å². The van der Waals surface area contributed by atoms with Crippen molar-refractivity contribution >= 4 is 29.2 Å². The molecule has 0 unspecified atom stereocenters. The highest BCUT2D eigenvalue weighted by molar-refractivity contribution is 6.30. The molecular formula is C19H20ClN3O2. The van der Waals surface area contributed by atoms with E-state index in [4.69, 9.17) is 11.6 Å². The maximum absolute atomic E-state index is 12.2. The second kappa shape index (κ2) is 7.57. The van der Waals surface area contributed by atoms with Crippen LogP contribution in [0.15, 0.2) is 48.5 Å². The first kappa shape index (κ1) is 17.3. The number of anilines is 1. The number of carbonyl (C=O) groups excluding carboxylic acids is 2. The van der Waals surface area contributed by atoms with Gasteiger partial charge in [0.15, 0.2) is 0 Å². The number of nitrogens with one attached hydrogen (secondary N) is 2. The van der Waals surface area contributed by atoms with E-state index in [1.807, 2.05) is 43.3 Å². The van der Waals surface area contributed by atoms with Crippen LogP contribution in [0, 0.1) is 6.92 Å². The van der Waals surface area contributed by atoms with Gasteiger partial charge in [-0.3, -0.25) is 4.79 Å². The summed E-state index contributed by atoms with van der Waals surface area (Å²) < 4.78 is 0. The zero-order valence-corrected chi connectivity index (χ0v) is 14.7. The summed E-state index contributed by atoms with van der Waals surface area (Å²) in [6.07, 6.45) is 0.308. The van der Waals surface area contributed by atoms with Crippen molar-refractivity contribution in [1.29, 1.82) is 0 Å². The lowest BCUT2D eigenvalue weighted by Crippen LogP contribution is -2.43. The van der Waals surface area contributed by atoms with Crippen molar-refractivity contribution in [3.8, 4) is 0 Å². The number of carbonyl (C=O) groups is 2. The molecule has 2 aromatic carbocycles. The number of hydrogen-bond donors (Lipinski definition) is 2. The Kier molecular flexibility index (Phi) is 5.24. The van der Waals surface area contributed by atoms with Gasteiger partial charge < -0.3 is 15.5 Å². The maximum Gasteiger partial charge on any atom is 0.315 e. The van der Waals surface area contributed by atoms with E-state index in [0.29, 0.717) is 24.5 Å². The third-order valence-corrected chi connectivity index (χ3v) is 4.42. The van der Waals surface area contributed by atoms with E-state index < -0.39 is 0 Å². The smallest absolute Gasteiger partial charge is 0.315 e. The first-order valence-corrected chi connectivity index (χ1v) is 8.55. The zero-order chi connectivity index (χ0) is 17.8. The van der Waals surface area contributed by atoms with Gasteiger partial charge in [-0.05, 0) is 36.8 Å². The minimum Gasteiger partial charge on any atom is -0.334 e.